The van der Waals surface area contributed by atoms with E-state index in [9.17, 15) is 4.79 Å². The van der Waals surface area contributed by atoms with Gasteiger partial charge in [0.1, 0.15) is 0 Å². The Hall–Kier alpha value is -0.640. The van der Waals surface area contributed by atoms with Crippen molar-refractivity contribution < 1.29 is 4.79 Å². The highest BCUT2D eigenvalue weighted by atomic mass is 32.1. The predicted molar refractivity (Wildman–Crippen MR) is 84.2 cm³/mol. The number of carbonyl (C=O) groups excluding carboxylic acids is 1. The van der Waals surface area contributed by atoms with E-state index >= 15 is 0 Å². The molecule has 3 N–H and O–H groups in total. The van der Waals surface area contributed by atoms with Crippen molar-refractivity contribution in [3.05, 3.63) is 0 Å². The molecule has 0 aromatic carbocycles. The van der Waals surface area contributed by atoms with Crippen LogP contribution in [0.4, 0.5) is 0 Å². The molecule has 1 amide bonds. The van der Waals surface area contributed by atoms with Gasteiger partial charge < -0.3 is 11.1 Å². The van der Waals surface area contributed by atoms with E-state index in [1.807, 2.05) is 0 Å². The van der Waals surface area contributed by atoms with Crippen molar-refractivity contribution in [3.8, 4) is 0 Å². The molecule has 0 saturated heterocycles. The van der Waals surface area contributed by atoms with Crippen LogP contribution in [-0.4, -0.2) is 16.9 Å². The Morgan fingerprint density at radius 3 is 2.40 bits per heavy atom. The van der Waals surface area contributed by atoms with Crippen LogP contribution in [0.2, 0.25) is 0 Å². The van der Waals surface area contributed by atoms with Crippen molar-refractivity contribution in [1.29, 1.82) is 0 Å². The summed E-state index contributed by atoms with van der Waals surface area (Å²) < 4.78 is 0. The van der Waals surface area contributed by atoms with Gasteiger partial charge >= 0.3 is 0 Å². The molecule has 3 nitrogen and oxygen atoms in total. The summed E-state index contributed by atoms with van der Waals surface area (Å²) in [6.45, 7) is 0. The molecule has 0 spiro atoms. The summed E-state index contributed by atoms with van der Waals surface area (Å²) in [5.41, 5.74) is 5.91. The Bertz CT molecular complexity index is 392. The first-order valence-corrected chi connectivity index (χ1v) is 8.65. The second kappa shape index (κ2) is 6.00. The summed E-state index contributed by atoms with van der Waals surface area (Å²) in [6, 6.07) is -0.0723. The van der Waals surface area contributed by atoms with Crippen molar-refractivity contribution in [2.45, 2.75) is 63.8 Å². The molecule has 3 aliphatic carbocycles. The van der Waals surface area contributed by atoms with E-state index in [0.717, 1.165) is 25.2 Å². The summed E-state index contributed by atoms with van der Waals surface area (Å²) in [7, 11) is 0. The number of hydrogen-bond donors (Lipinski definition) is 2. The smallest absolute Gasteiger partial charge is 0.223 e. The quantitative estimate of drug-likeness (QED) is 0.784. The highest BCUT2D eigenvalue weighted by Crippen LogP contribution is 2.48. The van der Waals surface area contributed by atoms with Crippen LogP contribution in [0.1, 0.15) is 57.8 Å². The Morgan fingerprint density at radius 2 is 1.85 bits per heavy atom. The zero-order valence-electron chi connectivity index (χ0n) is 12.1. The molecule has 4 heteroatoms. The molecule has 2 bridgehead atoms. The van der Waals surface area contributed by atoms with Crippen LogP contribution in [-0.2, 0) is 4.79 Å². The average molecular weight is 294 g/mol. The molecule has 4 unspecified atom stereocenters. The summed E-state index contributed by atoms with van der Waals surface area (Å²) >= 11 is 5.22. The van der Waals surface area contributed by atoms with Crippen LogP contribution >= 0.6 is 12.2 Å². The maximum Gasteiger partial charge on any atom is 0.223 e. The molecule has 3 saturated carbocycles. The van der Waals surface area contributed by atoms with Crippen LogP contribution in [0, 0.1) is 23.7 Å². The van der Waals surface area contributed by atoms with E-state index in [4.69, 9.17) is 18.0 Å². The summed E-state index contributed by atoms with van der Waals surface area (Å²) in [5.74, 6) is 2.34. The van der Waals surface area contributed by atoms with Crippen molar-refractivity contribution in [1.82, 2.24) is 5.32 Å². The fraction of sp³-hybridized carbons (Fsp3) is 0.875. The molecule has 3 rings (SSSR count). The molecule has 0 aliphatic heterocycles. The number of amides is 1. The van der Waals surface area contributed by atoms with Crippen LogP contribution in [0.25, 0.3) is 0 Å². The van der Waals surface area contributed by atoms with Gasteiger partial charge in [-0.15, -0.1) is 0 Å². The molecular weight excluding hydrogens is 268 g/mol. The molecule has 3 aliphatic rings. The van der Waals surface area contributed by atoms with Crippen LogP contribution in [0.3, 0.4) is 0 Å². The van der Waals surface area contributed by atoms with Gasteiger partial charge in [-0.05, 0) is 49.9 Å². The second-order valence-corrected chi connectivity index (χ2v) is 7.54. The van der Waals surface area contributed by atoms with E-state index in [1.165, 1.54) is 38.5 Å². The van der Waals surface area contributed by atoms with E-state index in [2.05, 4.69) is 5.32 Å². The maximum atomic E-state index is 12.6. The molecule has 0 heterocycles. The van der Waals surface area contributed by atoms with Crippen molar-refractivity contribution >= 4 is 23.1 Å². The van der Waals surface area contributed by atoms with Gasteiger partial charge in [-0.3, -0.25) is 4.79 Å². The monoisotopic (exact) mass is 294 g/mol. The molecule has 0 aromatic rings. The lowest BCUT2D eigenvalue weighted by atomic mass is 9.83. The number of carbonyl (C=O) groups is 1. The topological polar surface area (TPSA) is 55.1 Å². The van der Waals surface area contributed by atoms with Crippen LogP contribution in [0.15, 0.2) is 0 Å². The van der Waals surface area contributed by atoms with Gasteiger partial charge in [0.15, 0.2) is 0 Å². The maximum absolute atomic E-state index is 12.6. The number of nitrogens with two attached hydrogens (primary N) is 1. The van der Waals surface area contributed by atoms with Gasteiger partial charge in [-0.1, -0.05) is 37.9 Å². The number of rotatable bonds is 4. The van der Waals surface area contributed by atoms with Crippen molar-refractivity contribution in [2.75, 3.05) is 0 Å². The summed E-state index contributed by atoms with van der Waals surface area (Å²) in [6.07, 6.45) is 11.0. The van der Waals surface area contributed by atoms with Gasteiger partial charge in [-0.2, -0.15) is 0 Å². The molecule has 0 aromatic heterocycles. The first-order valence-electron chi connectivity index (χ1n) is 8.25. The van der Waals surface area contributed by atoms with E-state index in [-0.39, 0.29) is 17.9 Å². The molecule has 4 atom stereocenters. The number of nitrogens with one attached hydrogen (secondary N) is 1. The Labute approximate surface area is 127 Å². The first kappa shape index (κ1) is 14.3. The highest BCUT2D eigenvalue weighted by molar-refractivity contribution is 7.80. The fourth-order valence-corrected chi connectivity index (χ4v) is 4.97. The Kier molecular flexibility index (Phi) is 4.29. The average Bonchev–Trinajstić information content (AvgIpc) is 3.07. The Balaban J connectivity index is 1.61. The molecule has 112 valence electrons. The second-order valence-electron chi connectivity index (χ2n) is 7.07. The van der Waals surface area contributed by atoms with Gasteiger partial charge in [-0.25, -0.2) is 0 Å². The molecule has 0 radical (unpaired) electrons. The van der Waals surface area contributed by atoms with Crippen LogP contribution < -0.4 is 11.1 Å². The summed E-state index contributed by atoms with van der Waals surface area (Å²) in [5, 5.41) is 3.21. The predicted octanol–water partition coefficient (Wildman–Crippen LogP) is 2.77. The van der Waals surface area contributed by atoms with Gasteiger partial charge in [0.25, 0.3) is 0 Å². The summed E-state index contributed by atoms with van der Waals surface area (Å²) in [4.78, 5) is 13.0. The minimum Gasteiger partial charge on any atom is -0.392 e. The van der Waals surface area contributed by atoms with E-state index in [0.29, 0.717) is 16.8 Å². The normalized spacial score (nSPS) is 34.9. The van der Waals surface area contributed by atoms with Crippen LogP contribution in [0.5, 0.6) is 0 Å². The van der Waals surface area contributed by atoms with Crippen molar-refractivity contribution in [3.63, 3.8) is 0 Å². The fourth-order valence-electron chi connectivity index (χ4n) is 4.71. The third-order valence-electron chi connectivity index (χ3n) is 5.80. The lowest BCUT2D eigenvalue weighted by Crippen LogP contribution is -2.51. The minimum atomic E-state index is -0.0723. The lowest BCUT2D eigenvalue weighted by molar-refractivity contribution is -0.127. The van der Waals surface area contributed by atoms with E-state index in [1.54, 1.807) is 0 Å². The number of thiocarbonyl (C=S) groups is 1. The zero-order valence-corrected chi connectivity index (χ0v) is 13.0. The number of fused-ring (bicyclic) bond motifs is 2. The third kappa shape index (κ3) is 2.85. The first-order chi connectivity index (χ1) is 9.65. The minimum absolute atomic E-state index is 0.0723. The Morgan fingerprint density at radius 1 is 1.10 bits per heavy atom. The van der Waals surface area contributed by atoms with Crippen molar-refractivity contribution in [2.24, 2.45) is 29.4 Å². The van der Waals surface area contributed by atoms with Gasteiger partial charge in [0.2, 0.25) is 5.91 Å². The zero-order chi connectivity index (χ0) is 14.1. The highest BCUT2D eigenvalue weighted by Gasteiger charge is 2.43. The van der Waals surface area contributed by atoms with Gasteiger partial charge in [0, 0.05) is 5.92 Å². The third-order valence-corrected chi connectivity index (χ3v) is 6.05. The molecular formula is C16H26N2OS. The molecule has 20 heavy (non-hydrogen) atoms. The molecule has 3 fully saturated rings. The van der Waals surface area contributed by atoms with Gasteiger partial charge in [0.05, 0.1) is 11.0 Å². The van der Waals surface area contributed by atoms with E-state index < -0.39 is 0 Å². The lowest BCUT2D eigenvalue weighted by Gasteiger charge is -2.32. The largest absolute Gasteiger partial charge is 0.392 e. The number of hydrogen-bond acceptors (Lipinski definition) is 2. The SMILES string of the molecule is NC(=S)C(NC(=O)C1CC2CCC1C2)C1CCCCC1. The standard InChI is InChI=1S/C16H26N2OS/c17-15(20)14(11-4-2-1-3-5-11)18-16(19)13-9-10-6-7-12(13)8-10/h10-14H,1-9H2,(H2,17,20)(H,18,19).